The predicted octanol–water partition coefficient (Wildman–Crippen LogP) is 2.36. The number of fused-ring (bicyclic) bond motifs is 1. The molecule has 1 heterocycles. The molecule has 0 fully saturated rings. The van der Waals surface area contributed by atoms with E-state index in [-0.39, 0.29) is 6.42 Å². The molecule has 3 rings (SSSR count). The summed E-state index contributed by atoms with van der Waals surface area (Å²) >= 11 is 6.03. The summed E-state index contributed by atoms with van der Waals surface area (Å²) in [5.74, 6) is -2.48. The Hall–Kier alpha value is -3.19. The van der Waals surface area contributed by atoms with E-state index in [1.54, 1.807) is 42.5 Å². The molecule has 7 nitrogen and oxygen atoms in total. The van der Waals surface area contributed by atoms with E-state index in [9.17, 15) is 19.2 Å². The van der Waals surface area contributed by atoms with Crippen LogP contribution in [0.4, 0.5) is 5.69 Å². The van der Waals surface area contributed by atoms with Crippen molar-refractivity contribution in [2.75, 3.05) is 18.5 Å². The minimum absolute atomic E-state index is 0.0294. The van der Waals surface area contributed by atoms with Crippen molar-refractivity contribution in [3.8, 4) is 0 Å². The van der Waals surface area contributed by atoms with Crippen LogP contribution in [0.5, 0.6) is 0 Å². The molecule has 1 aliphatic rings. The third-order valence-electron chi connectivity index (χ3n) is 4.19. The van der Waals surface area contributed by atoms with Gasteiger partial charge >= 0.3 is 5.97 Å². The lowest BCUT2D eigenvalue weighted by molar-refractivity contribution is -0.150. The van der Waals surface area contributed by atoms with E-state index in [1.807, 2.05) is 6.92 Å². The van der Waals surface area contributed by atoms with Gasteiger partial charge in [0.25, 0.3) is 11.8 Å². The summed E-state index contributed by atoms with van der Waals surface area (Å²) in [6.07, 6.45) is 0.0294. The summed E-state index contributed by atoms with van der Waals surface area (Å²) in [5, 5.41) is 2.90. The number of hydrogen-bond donors (Lipinski definition) is 1. The molecule has 1 N–H and O–H groups in total. The standard InChI is InChI=1S/C20H17ClN2O5/c1-12-6-7-16(15(21)8-12)22-17(24)11-28-19(26)10-23-18(25)9-13-4-2-3-5-14(13)20(23)27/h2-8H,9-11H2,1H3,(H,22,24). The average molecular weight is 401 g/mol. The van der Waals surface area contributed by atoms with Crippen molar-refractivity contribution in [1.82, 2.24) is 4.90 Å². The molecule has 0 saturated carbocycles. The molecule has 0 saturated heterocycles. The molecule has 28 heavy (non-hydrogen) atoms. The quantitative estimate of drug-likeness (QED) is 0.614. The molecular weight excluding hydrogens is 384 g/mol. The van der Waals surface area contributed by atoms with Crippen LogP contribution in [-0.4, -0.2) is 41.7 Å². The Morgan fingerprint density at radius 2 is 1.93 bits per heavy atom. The number of amides is 3. The van der Waals surface area contributed by atoms with Gasteiger partial charge < -0.3 is 10.1 Å². The first-order valence-electron chi connectivity index (χ1n) is 8.49. The maximum absolute atomic E-state index is 12.4. The first-order valence-corrected chi connectivity index (χ1v) is 8.87. The maximum Gasteiger partial charge on any atom is 0.326 e. The Labute approximate surface area is 166 Å². The number of esters is 1. The molecule has 2 aromatic carbocycles. The number of halogens is 1. The van der Waals surface area contributed by atoms with Crippen LogP contribution in [0.3, 0.4) is 0 Å². The van der Waals surface area contributed by atoms with Gasteiger partial charge in [0.15, 0.2) is 6.61 Å². The van der Waals surface area contributed by atoms with E-state index in [1.165, 1.54) is 0 Å². The molecule has 0 unspecified atom stereocenters. The van der Waals surface area contributed by atoms with Gasteiger partial charge in [-0.05, 0) is 36.2 Å². The molecule has 0 aliphatic carbocycles. The Morgan fingerprint density at radius 3 is 2.68 bits per heavy atom. The highest BCUT2D eigenvalue weighted by Gasteiger charge is 2.32. The fourth-order valence-corrected chi connectivity index (χ4v) is 3.07. The number of anilines is 1. The van der Waals surface area contributed by atoms with E-state index in [0.29, 0.717) is 21.8 Å². The van der Waals surface area contributed by atoms with Crippen LogP contribution in [-0.2, 0) is 25.5 Å². The Kier molecular flexibility index (Phi) is 5.75. The van der Waals surface area contributed by atoms with E-state index >= 15 is 0 Å². The zero-order chi connectivity index (χ0) is 20.3. The molecule has 144 valence electrons. The summed E-state index contributed by atoms with van der Waals surface area (Å²) in [6.45, 7) is 0.751. The molecule has 0 atom stereocenters. The van der Waals surface area contributed by atoms with Crippen molar-refractivity contribution in [3.63, 3.8) is 0 Å². The van der Waals surface area contributed by atoms with E-state index in [0.717, 1.165) is 10.5 Å². The summed E-state index contributed by atoms with van der Waals surface area (Å²) in [7, 11) is 0. The molecule has 2 aromatic rings. The zero-order valence-electron chi connectivity index (χ0n) is 15.0. The fourth-order valence-electron chi connectivity index (χ4n) is 2.79. The summed E-state index contributed by atoms with van der Waals surface area (Å²) in [5.41, 5.74) is 2.33. The van der Waals surface area contributed by atoms with Crippen LogP contribution in [0, 0.1) is 6.92 Å². The third-order valence-corrected chi connectivity index (χ3v) is 4.50. The van der Waals surface area contributed by atoms with Gasteiger partial charge in [-0.2, -0.15) is 0 Å². The molecule has 8 heteroatoms. The molecule has 3 amide bonds. The SMILES string of the molecule is Cc1ccc(NC(=O)COC(=O)CN2C(=O)Cc3ccccc3C2=O)c(Cl)c1. The van der Waals surface area contributed by atoms with Crippen LogP contribution in [0.15, 0.2) is 42.5 Å². The van der Waals surface area contributed by atoms with Gasteiger partial charge in [0.05, 0.1) is 17.1 Å². The van der Waals surface area contributed by atoms with Gasteiger partial charge in [0, 0.05) is 5.56 Å². The average Bonchev–Trinajstić information content (AvgIpc) is 2.66. The van der Waals surface area contributed by atoms with Crippen LogP contribution in [0.1, 0.15) is 21.5 Å². The van der Waals surface area contributed by atoms with Crippen LogP contribution < -0.4 is 5.32 Å². The number of carbonyl (C=O) groups is 4. The second-order valence-corrected chi connectivity index (χ2v) is 6.72. The Bertz CT molecular complexity index is 973. The van der Waals surface area contributed by atoms with Crippen molar-refractivity contribution in [2.24, 2.45) is 0 Å². The molecular formula is C20H17ClN2O5. The van der Waals surface area contributed by atoms with Gasteiger partial charge in [-0.25, -0.2) is 0 Å². The lowest BCUT2D eigenvalue weighted by Crippen LogP contribution is -2.45. The predicted molar refractivity (Wildman–Crippen MR) is 102 cm³/mol. The summed E-state index contributed by atoms with van der Waals surface area (Å²) in [6, 6.07) is 11.8. The highest BCUT2D eigenvalue weighted by Crippen LogP contribution is 2.22. The minimum atomic E-state index is -0.855. The van der Waals surface area contributed by atoms with Crippen molar-refractivity contribution >= 4 is 41.0 Å². The van der Waals surface area contributed by atoms with Gasteiger partial charge in [-0.3, -0.25) is 24.1 Å². The smallest absolute Gasteiger partial charge is 0.326 e. The number of nitrogens with one attached hydrogen (secondary N) is 1. The van der Waals surface area contributed by atoms with Crippen LogP contribution in [0.2, 0.25) is 5.02 Å². The van der Waals surface area contributed by atoms with Crippen molar-refractivity contribution in [1.29, 1.82) is 0 Å². The molecule has 0 aromatic heterocycles. The lowest BCUT2D eigenvalue weighted by atomic mass is 9.98. The fraction of sp³-hybridized carbons (Fsp3) is 0.200. The normalized spacial score (nSPS) is 13.1. The largest absolute Gasteiger partial charge is 0.454 e. The first kappa shape index (κ1) is 19.6. The number of benzene rings is 2. The lowest BCUT2D eigenvalue weighted by Gasteiger charge is -2.25. The Balaban J connectivity index is 1.55. The minimum Gasteiger partial charge on any atom is -0.454 e. The van der Waals surface area contributed by atoms with Gasteiger partial charge in [0.1, 0.15) is 6.54 Å². The van der Waals surface area contributed by atoms with Crippen LogP contribution in [0.25, 0.3) is 0 Å². The maximum atomic E-state index is 12.4. The summed E-state index contributed by atoms with van der Waals surface area (Å²) in [4.78, 5) is 49.3. The zero-order valence-corrected chi connectivity index (χ0v) is 15.8. The van der Waals surface area contributed by atoms with Crippen molar-refractivity contribution in [3.05, 3.63) is 64.2 Å². The molecule has 0 spiro atoms. The molecule has 0 bridgehead atoms. The number of rotatable bonds is 5. The second kappa shape index (κ2) is 8.22. The Morgan fingerprint density at radius 1 is 1.18 bits per heavy atom. The second-order valence-electron chi connectivity index (χ2n) is 6.31. The van der Waals surface area contributed by atoms with Crippen molar-refractivity contribution < 1.29 is 23.9 Å². The number of hydrogen-bond acceptors (Lipinski definition) is 5. The monoisotopic (exact) mass is 400 g/mol. The van der Waals surface area contributed by atoms with Gasteiger partial charge in [-0.15, -0.1) is 0 Å². The van der Waals surface area contributed by atoms with E-state index < -0.39 is 36.8 Å². The van der Waals surface area contributed by atoms with Crippen LogP contribution >= 0.6 is 11.6 Å². The topological polar surface area (TPSA) is 92.8 Å². The van der Waals surface area contributed by atoms with Gasteiger partial charge in [-0.1, -0.05) is 35.9 Å². The van der Waals surface area contributed by atoms with E-state index in [2.05, 4.69) is 5.32 Å². The molecule has 1 aliphatic heterocycles. The highest BCUT2D eigenvalue weighted by molar-refractivity contribution is 6.33. The first-order chi connectivity index (χ1) is 13.3. The number of nitrogens with zero attached hydrogens (tertiary/aromatic N) is 1. The number of aryl methyl sites for hydroxylation is 1. The number of ether oxygens (including phenoxy) is 1. The summed E-state index contributed by atoms with van der Waals surface area (Å²) < 4.78 is 4.89. The number of carbonyl (C=O) groups excluding carboxylic acids is 4. The molecule has 0 radical (unpaired) electrons. The third kappa shape index (κ3) is 4.37. The number of imide groups is 1. The highest BCUT2D eigenvalue weighted by atomic mass is 35.5. The van der Waals surface area contributed by atoms with E-state index in [4.69, 9.17) is 16.3 Å². The van der Waals surface area contributed by atoms with Gasteiger partial charge in [0.2, 0.25) is 5.91 Å². The van der Waals surface area contributed by atoms with Crippen molar-refractivity contribution in [2.45, 2.75) is 13.3 Å².